The van der Waals surface area contributed by atoms with Crippen LogP contribution in [0.3, 0.4) is 0 Å². The molecule has 0 bridgehead atoms. The fraction of sp³-hybridized carbons (Fsp3) is 0.250. The van der Waals surface area contributed by atoms with Crippen LogP contribution in [0.1, 0.15) is 0 Å². The van der Waals surface area contributed by atoms with Gasteiger partial charge < -0.3 is 4.55 Å². The Labute approximate surface area is 121 Å². The quantitative estimate of drug-likeness (QED) is 0.338. The number of halogens is 1. The van der Waals surface area contributed by atoms with E-state index in [9.17, 15) is 25.8 Å². The Hall–Kier alpha value is 0.01000. The molecule has 90 valence electrons. The molecule has 1 aromatic rings. The predicted molar refractivity (Wildman–Crippen MR) is 53.0 cm³/mol. The summed E-state index contributed by atoms with van der Waals surface area (Å²) in [6.45, 7) is 0. The van der Waals surface area contributed by atoms with Crippen LogP contribution in [0.15, 0.2) is 29.2 Å². The normalized spacial score (nSPS) is 11.9. The van der Waals surface area contributed by atoms with Crippen LogP contribution in [0.4, 0.5) is 4.39 Å². The Bertz CT molecular complexity index is 564. The summed E-state index contributed by atoms with van der Waals surface area (Å²) in [7, 11) is -8.43. The molecule has 0 aliphatic rings. The SMILES string of the molecule is O=S(=O)([O-])CCS(=O)(=O)c1ccc(F)cc1.[Na+]. The van der Waals surface area contributed by atoms with Crippen LogP contribution >= 0.6 is 0 Å². The van der Waals surface area contributed by atoms with Crippen molar-refractivity contribution in [2.24, 2.45) is 0 Å². The Morgan fingerprint density at radius 2 is 1.47 bits per heavy atom. The molecule has 0 aliphatic carbocycles. The molecule has 0 fully saturated rings. The van der Waals surface area contributed by atoms with Crippen molar-refractivity contribution in [2.45, 2.75) is 4.90 Å². The van der Waals surface area contributed by atoms with Crippen molar-refractivity contribution in [1.82, 2.24) is 0 Å². The van der Waals surface area contributed by atoms with E-state index in [1.807, 2.05) is 0 Å². The van der Waals surface area contributed by atoms with Crippen LogP contribution in [0.5, 0.6) is 0 Å². The molecule has 17 heavy (non-hydrogen) atoms. The predicted octanol–water partition coefficient (Wildman–Crippen LogP) is -2.85. The van der Waals surface area contributed by atoms with E-state index in [1.54, 1.807) is 0 Å². The summed E-state index contributed by atoms with van der Waals surface area (Å²) in [4.78, 5) is -0.211. The van der Waals surface area contributed by atoms with Crippen molar-refractivity contribution in [3.05, 3.63) is 30.1 Å². The summed E-state index contributed by atoms with van der Waals surface area (Å²) in [6, 6.07) is 3.92. The third-order valence-electron chi connectivity index (χ3n) is 1.77. The maximum Gasteiger partial charge on any atom is 1.00 e. The average molecular weight is 290 g/mol. The number of sulfone groups is 1. The molecule has 9 heteroatoms. The van der Waals surface area contributed by atoms with Crippen molar-refractivity contribution in [1.29, 1.82) is 0 Å². The number of benzene rings is 1. The van der Waals surface area contributed by atoms with Crippen LogP contribution in [-0.2, 0) is 20.0 Å². The molecule has 0 atom stereocenters. The molecule has 0 heterocycles. The minimum absolute atomic E-state index is 0. The fourth-order valence-electron chi connectivity index (χ4n) is 0.972. The van der Waals surface area contributed by atoms with E-state index in [4.69, 9.17) is 0 Å². The third kappa shape index (κ3) is 5.94. The molecular weight excluding hydrogens is 282 g/mol. The molecule has 0 aliphatic heterocycles. The van der Waals surface area contributed by atoms with Crippen molar-refractivity contribution in [3.8, 4) is 0 Å². The number of hydrogen-bond donors (Lipinski definition) is 0. The van der Waals surface area contributed by atoms with Gasteiger partial charge in [0, 0.05) is 0 Å². The van der Waals surface area contributed by atoms with Gasteiger partial charge in [-0.05, 0) is 24.3 Å². The van der Waals surface area contributed by atoms with E-state index in [-0.39, 0.29) is 34.5 Å². The van der Waals surface area contributed by atoms with Gasteiger partial charge in [0.05, 0.1) is 26.5 Å². The Kier molecular flexibility index (Phi) is 6.26. The molecule has 0 saturated heterocycles. The van der Waals surface area contributed by atoms with Crippen LogP contribution < -0.4 is 29.6 Å². The van der Waals surface area contributed by atoms with Gasteiger partial charge in [-0.25, -0.2) is 21.2 Å². The molecule has 1 rings (SSSR count). The van der Waals surface area contributed by atoms with Gasteiger partial charge in [-0.2, -0.15) is 0 Å². The standard InChI is InChI=1S/C8H9FO5S2.Na/c9-7-1-3-8(4-2-7)15(10,11)5-6-16(12,13)14;/h1-4H,5-6H2,(H,12,13,14);/q;+1/p-1. The fourth-order valence-corrected chi connectivity index (χ4v) is 3.45. The minimum Gasteiger partial charge on any atom is -0.748 e. The van der Waals surface area contributed by atoms with Gasteiger partial charge in [-0.1, -0.05) is 0 Å². The summed E-state index contributed by atoms with van der Waals surface area (Å²) in [5.74, 6) is -2.40. The number of hydrogen-bond acceptors (Lipinski definition) is 5. The van der Waals surface area contributed by atoms with Crippen molar-refractivity contribution < 1.29 is 55.3 Å². The zero-order chi connectivity index (χ0) is 12.4. The summed E-state index contributed by atoms with van der Waals surface area (Å²) in [6.07, 6.45) is 0. The van der Waals surface area contributed by atoms with Crippen LogP contribution in [0.2, 0.25) is 0 Å². The second-order valence-corrected chi connectivity index (χ2v) is 6.67. The smallest absolute Gasteiger partial charge is 0.748 e. The molecule has 0 unspecified atom stereocenters. The second kappa shape index (κ2) is 6.26. The summed E-state index contributed by atoms with van der Waals surface area (Å²) < 4.78 is 66.3. The van der Waals surface area contributed by atoms with Gasteiger partial charge in [0.25, 0.3) is 0 Å². The molecule has 0 N–H and O–H groups in total. The second-order valence-electron chi connectivity index (χ2n) is 3.03. The summed E-state index contributed by atoms with van der Waals surface area (Å²) in [5, 5.41) is 0. The first-order chi connectivity index (χ1) is 7.21. The van der Waals surface area contributed by atoms with Gasteiger partial charge in [-0.3, -0.25) is 0 Å². The van der Waals surface area contributed by atoms with Crippen LogP contribution in [-0.4, -0.2) is 32.9 Å². The first-order valence-corrected chi connectivity index (χ1v) is 7.35. The third-order valence-corrected chi connectivity index (χ3v) is 4.47. The van der Waals surface area contributed by atoms with E-state index < -0.39 is 37.3 Å². The molecule has 0 radical (unpaired) electrons. The first-order valence-electron chi connectivity index (χ1n) is 4.13. The molecular formula is C8H8FNaO5S2. The van der Waals surface area contributed by atoms with Gasteiger partial charge in [0.15, 0.2) is 9.84 Å². The van der Waals surface area contributed by atoms with E-state index in [2.05, 4.69) is 0 Å². The zero-order valence-corrected chi connectivity index (χ0v) is 12.6. The van der Waals surface area contributed by atoms with Crippen molar-refractivity contribution >= 4 is 20.0 Å². The van der Waals surface area contributed by atoms with Crippen LogP contribution in [0, 0.1) is 5.82 Å². The van der Waals surface area contributed by atoms with E-state index >= 15 is 0 Å². The first kappa shape index (κ1) is 17.0. The molecule has 0 spiro atoms. The maximum absolute atomic E-state index is 12.5. The molecule has 0 aromatic heterocycles. The van der Waals surface area contributed by atoms with E-state index in [0.29, 0.717) is 0 Å². The molecule has 0 saturated carbocycles. The van der Waals surface area contributed by atoms with Gasteiger partial charge >= 0.3 is 29.6 Å². The van der Waals surface area contributed by atoms with E-state index in [0.717, 1.165) is 24.3 Å². The summed E-state index contributed by atoms with van der Waals surface area (Å²) in [5.41, 5.74) is 0. The van der Waals surface area contributed by atoms with Gasteiger partial charge in [0.1, 0.15) is 5.82 Å². The van der Waals surface area contributed by atoms with Gasteiger partial charge in [0.2, 0.25) is 0 Å². The maximum atomic E-state index is 12.5. The Morgan fingerprint density at radius 3 is 1.88 bits per heavy atom. The molecule has 5 nitrogen and oxygen atoms in total. The average Bonchev–Trinajstić information content (AvgIpc) is 2.15. The molecule has 0 amide bonds. The minimum atomic E-state index is -4.58. The number of rotatable bonds is 4. The zero-order valence-electron chi connectivity index (χ0n) is 8.96. The molecule has 1 aromatic carbocycles. The topological polar surface area (TPSA) is 91.3 Å². The summed E-state index contributed by atoms with van der Waals surface area (Å²) >= 11 is 0. The van der Waals surface area contributed by atoms with E-state index in [1.165, 1.54) is 0 Å². The van der Waals surface area contributed by atoms with Crippen molar-refractivity contribution in [2.75, 3.05) is 11.5 Å². The largest absolute Gasteiger partial charge is 1.00 e. The van der Waals surface area contributed by atoms with Gasteiger partial charge in [-0.15, -0.1) is 0 Å². The van der Waals surface area contributed by atoms with Crippen molar-refractivity contribution in [3.63, 3.8) is 0 Å². The monoisotopic (exact) mass is 290 g/mol. The van der Waals surface area contributed by atoms with Crippen LogP contribution in [0.25, 0.3) is 0 Å². The Morgan fingerprint density at radius 1 is 1.00 bits per heavy atom. The Balaban J connectivity index is 0.00000256.